The number of carbonyl (C=O) groups excluding carboxylic acids is 3. The van der Waals surface area contributed by atoms with Gasteiger partial charge in [-0.15, -0.1) is 0 Å². The minimum Gasteiger partial charge on any atom is -0.508 e. The smallest absolute Gasteiger partial charge is 0.242 e. The highest BCUT2D eigenvalue weighted by atomic mass is 16.3. The maximum Gasteiger partial charge on any atom is 0.242 e. The van der Waals surface area contributed by atoms with Crippen molar-refractivity contribution in [1.82, 2.24) is 21.3 Å². The fourth-order valence-electron chi connectivity index (χ4n) is 5.04. The fourth-order valence-corrected chi connectivity index (χ4v) is 5.04. The van der Waals surface area contributed by atoms with Crippen LogP contribution in [0.2, 0.25) is 0 Å². The number of benzene rings is 1. The molecule has 3 unspecified atom stereocenters. The van der Waals surface area contributed by atoms with E-state index < -0.39 is 12.1 Å². The molecule has 0 saturated carbocycles. The number of carbonyl (C=O) groups is 3. The van der Waals surface area contributed by atoms with Crippen LogP contribution in [0.4, 0.5) is 0 Å². The first-order chi connectivity index (χ1) is 20.8. The van der Waals surface area contributed by atoms with Crippen molar-refractivity contribution in [1.29, 1.82) is 0 Å². The molecule has 1 saturated heterocycles. The van der Waals surface area contributed by atoms with E-state index in [2.05, 4.69) is 21.3 Å². The number of rotatable bonds is 15. The number of hydrogen-bond acceptors (Lipinski definition) is 8. The summed E-state index contributed by atoms with van der Waals surface area (Å²) < 4.78 is 0. The summed E-state index contributed by atoms with van der Waals surface area (Å²) >= 11 is 0. The largest absolute Gasteiger partial charge is 0.508 e. The summed E-state index contributed by atoms with van der Waals surface area (Å²) in [5, 5.41) is 32.6. The lowest BCUT2D eigenvalue weighted by Crippen LogP contribution is -2.46. The lowest BCUT2D eigenvalue weighted by atomic mass is 9.93. The topological polar surface area (TPSA) is 192 Å². The van der Waals surface area contributed by atoms with Gasteiger partial charge in [-0.1, -0.05) is 32.1 Å². The molecule has 1 aromatic carbocycles. The Hall–Kier alpha value is -3.67. The summed E-state index contributed by atoms with van der Waals surface area (Å²) in [6.07, 6.45) is 11.3. The number of phenols is 1. The van der Waals surface area contributed by atoms with Crippen molar-refractivity contribution in [3.05, 3.63) is 59.4 Å². The van der Waals surface area contributed by atoms with Gasteiger partial charge in [-0.3, -0.25) is 14.4 Å². The lowest BCUT2D eigenvalue weighted by molar-refractivity contribution is -0.125. The third kappa shape index (κ3) is 12.2. The fraction of sp³-hybridized carbons (Fsp3) is 0.531. The first kappa shape index (κ1) is 35.5. The Bertz CT molecular complexity index is 1130. The molecule has 0 bridgehead atoms. The summed E-state index contributed by atoms with van der Waals surface area (Å²) in [5.41, 5.74) is 13.6. The maximum atomic E-state index is 13.0. The van der Waals surface area contributed by atoms with E-state index in [1.807, 2.05) is 19.9 Å². The van der Waals surface area contributed by atoms with Gasteiger partial charge < -0.3 is 42.9 Å². The number of piperidine rings is 1. The Labute approximate surface area is 255 Å². The minimum atomic E-state index is -0.843. The van der Waals surface area contributed by atoms with Crippen LogP contribution in [0.5, 0.6) is 5.75 Å². The molecule has 11 heteroatoms. The normalized spacial score (nSPS) is 18.1. The van der Waals surface area contributed by atoms with Crippen LogP contribution in [-0.4, -0.2) is 73.2 Å². The molecular weight excluding hydrogens is 548 g/mol. The van der Waals surface area contributed by atoms with Gasteiger partial charge in [0.05, 0.1) is 6.04 Å². The van der Waals surface area contributed by atoms with E-state index in [1.165, 1.54) is 0 Å². The van der Waals surface area contributed by atoms with Gasteiger partial charge in [0.2, 0.25) is 18.2 Å². The first-order valence-corrected chi connectivity index (χ1v) is 15.3. The molecule has 2 aliphatic rings. The zero-order chi connectivity index (χ0) is 31.6. The molecule has 1 aliphatic heterocycles. The molecule has 0 radical (unpaired) electrons. The second-order valence-corrected chi connectivity index (χ2v) is 10.7. The van der Waals surface area contributed by atoms with E-state index in [9.17, 15) is 24.6 Å². The Kier molecular flexibility index (Phi) is 16.1. The quantitative estimate of drug-likeness (QED) is 0.111. The number of aliphatic hydroxyl groups is 1. The lowest BCUT2D eigenvalue weighted by Gasteiger charge is -2.24. The number of phenolic OH excluding ortho intramolecular Hbond substituents is 1. The zero-order valence-corrected chi connectivity index (χ0v) is 25.5. The Morgan fingerprint density at radius 3 is 2.51 bits per heavy atom. The molecule has 238 valence electrons. The number of aromatic hydroxyl groups is 1. The first-order valence-electron chi connectivity index (χ1n) is 15.3. The molecule has 1 heterocycles. The van der Waals surface area contributed by atoms with Gasteiger partial charge in [0.15, 0.2) is 0 Å². The maximum absolute atomic E-state index is 13.0. The van der Waals surface area contributed by atoms with Gasteiger partial charge in [-0.05, 0) is 98.6 Å². The van der Waals surface area contributed by atoms with Crippen molar-refractivity contribution in [2.24, 2.45) is 23.3 Å². The molecule has 10 N–H and O–H groups in total. The molecule has 3 atom stereocenters. The summed E-state index contributed by atoms with van der Waals surface area (Å²) in [6.45, 7) is 7.45. The molecule has 3 amide bonds. The second kappa shape index (κ2) is 19.5. The van der Waals surface area contributed by atoms with Crippen LogP contribution >= 0.6 is 0 Å². The predicted molar refractivity (Wildman–Crippen MR) is 170 cm³/mol. The van der Waals surface area contributed by atoms with Crippen molar-refractivity contribution in [2.45, 2.75) is 64.5 Å². The molecule has 43 heavy (non-hydrogen) atoms. The van der Waals surface area contributed by atoms with E-state index in [-0.39, 0.29) is 42.1 Å². The van der Waals surface area contributed by atoms with E-state index >= 15 is 0 Å². The van der Waals surface area contributed by atoms with Crippen LogP contribution in [0.25, 0.3) is 5.57 Å². The van der Waals surface area contributed by atoms with Gasteiger partial charge in [-0.25, -0.2) is 0 Å². The van der Waals surface area contributed by atoms with Crippen LogP contribution < -0.4 is 32.7 Å². The van der Waals surface area contributed by atoms with Crippen molar-refractivity contribution in [3.8, 4) is 5.75 Å². The predicted octanol–water partition coefficient (Wildman–Crippen LogP) is 1.78. The second-order valence-electron chi connectivity index (χ2n) is 10.7. The Balaban J connectivity index is 0.00000316. The third-order valence-corrected chi connectivity index (χ3v) is 7.45. The van der Waals surface area contributed by atoms with Crippen LogP contribution in [-0.2, 0) is 20.8 Å². The molecule has 1 aliphatic carbocycles. The van der Waals surface area contributed by atoms with Gasteiger partial charge in [0, 0.05) is 25.4 Å². The number of amides is 3. The van der Waals surface area contributed by atoms with Crippen molar-refractivity contribution >= 4 is 23.8 Å². The van der Waals surface area contributed by atoms with E-state index in [1.54, 1.807) is 36.4 Å². The van der Waals surface area contributed by atoms with Gasteiger partial charge >= 0.3 is 0 Å². The van der Waals surface area contributed by atoms with Crippen LogP contribution in [0, 0.1) is 11.8 Å². The SMILES string of the molecule is CC.NCCCCNC(=O)C(N)Cc1cc(C2=CC(CC(NC=O)C(=O)NCC3CCNCC3)C=C(O)C=C2)ccc1O. The van der Waals surface area contributed by atoms with Gasteiger partial charge in [0.25, 0.3) is 0 Å². The molecule has 1 aromatic rings. The standard InChI is InChI=1S/C30H44N6O5.C2H6/c31-9-1-2-10-34-29(40)26(32)17-24-16-23(4-6-28(24)39)22-3-5-25(38)14-21(13-22)15-27(36-19-37)30(41)35-18-20-7-11-33-12-8-20;1-2/h3-6,13-14,16,19-21,26-27,33,38-39H,1-2,7-12,15,17-18,31-32H2,(H,34,40)(H,35,41)(H,36,37);1-2H3. The number of allylic oxidation sites excluding steroid dienone is 5. The number of aliphatic hydroxyl groups excluding tert-OH is 1. The monoisotopic (exact) mass is 598 g/mol. The summed E-state index contributed by atoms with van der Waals surface area (Å²) in [5.74, 6) is -0.487. The van der Waals surface area contributed by atoms with E-state index in [4.69, 9.17) is 11.5 Å². The highest BCUT2D eigenvalue weighted by Gasteiger charge is 2.24. The highest BCUT2D eigenvalue weighted by Crippen LogP contribution is 2.29. The average molecular weight is 599 g/mol. The molecule has 3 rings (SSSR count). The molecule has 1 fully saturated rings. The highest BCUT2D eigenvalue weighted by molar-refractivity contribution is 5.84. The Morgan fingerprint density at radius 2 is 1.81 bits per heavy atom. The number of unbranched alkanes of at least 4 members (excludes halogenated alkanes) is 1. The molecule has 11 nitrogen and oxygen atoms in total. The number of nitrogens with one attached hydrogen (secondary N) is 4. The molecule has 0 aromatic heterocycles. The van der Waals surface area contributed by atoms with Crippen molar-refractivity contribution < 1.29 is 24.6 Å². The van der Waals surface area contributed by atoms with Gasteiger partial charge in [0.1, 0.15) is 17.6 Å². The number of nitrogens with two attached hydrogens (primary N) is 2. The molecule has 0 spiro atoms. The third-order valence-electron chi connectivity index (χ3n) is 7.45. The van der Waals surface area contributed by atoms with E-state index in [0.29, 0.717) is 37.5 Å². The summed E-state index contributed by atoms with van der Waals surface area (Å²) in [7, 11) is 0. The Morgan fingerprint density at radius 1 is 1.07 bits per heavy atom. The minimum absolute atomic E-state index is 0.0246. The van der Waals surface area contributed by atoms with Crippen LogP contribution in [0.1, 0.15) is 57.1 Å². The van der Waals surface area contributed by atoms with Crippen LogP contribution in [0.15, 0.2) is 48.3 Å². The summed E-state index contributed by atoms with van der Waals surface area (Å²) in [4.78, 5) is 36.7. The van der Waals surface area contributed by atoms with Crippen molar-refractivity contribution in [2.75, 3.05) is 32.7 Å². The van der Waals surface area contributed by atoms with Gasteiger partial charge in [-0.2, -0.15) is 0 Å². The van der Waals surface area contributed by atoms with Crippen LogP contribution in [0.3, 0.4) is 0 Å². The van der Waals surface area contributed by atoms with E-state index in [0.717, 1.165) is 49.9 Å². The average Bonchev–Trinajstić information content (AvgIpc) is 3.21. The summed E-state index contributed by atoms with van der Waals surface area (Å²) in [6, 6.07) is 3.42. The number of hydrogen-bond donors (Lipinski definition) is 8. The molecular formula is C32H50N6O5. The zero-order valence-electron chi connectivity index (χ0n) is 25.5. The van der Waals surface area contributed by atoms with Crippen molar-refractivity contribution in [3.63, 3.8) is 0 Å².